The molecule has 0 bridgehead atoms. The lowest BCUT2D eigenvalue weighted by Crippen LogP contribution is -2.49. The van der Waals surface area contributed by atoms with Crippen molar-refractivity contribution in [1.29, 1.82) is 0 Å². The van der Waals surface area contributed by atoms with E-state index in [9.17, 15) is 8.78 Å². The van der Waals surface area contributed by atoms with Crippen molar-refractivity contribution >= 4 is 0 Å². The van der Waals surface area contributed by atoms with Gasteiger partial charge in [-0.05, 0) is 45.0 Å². The van der Waals surface area contributed by atoms with Gasteiger partial charge in [-0.25, -0.2) is 8.78 Å². The van der Waals surface area contributed by atoms with Gasteiger partial charge in [-0.2, -0.15) is 0 Å². The lowest BCUT2D eigenvalue weighted by molar-refractivity contribution is 0.116. The predicted octanol–water partition coefficient (Wildman–Crippen LogP) is 2.91. The van der Waals surface area contributed by atoms with Crippen molar-refractivity contribution in [3.8, 4) is 0 Å². The molecule has 0 heterocycles. The van der Waals surface area contributed by atoms with Crippen LogP contribution in [-0.4, -0.2) is 23.5 Å². The summed E-state index contributed by atoms with van der Waals surface area (Å²) < 4.78 is 26.8. The summed E-state index contributed by atoms with van der Waals surface area (Å²) in [6.07, 6.45) is 0.945. The fourth-order valence-electron chi connectivity index (χ4n) is 1.86. The first-order valence-corrected chi connectivity index (χ1v) is 6.29. The molecule has 0 saturated carbocycles. The van der Waals surface area contributed by atoms with E-state index >= 15 is 0 Å². The number of hydrogen-bond acceptors (Lipinski definition) is 2. The average molecular weight is 256 g/mol. The van der Waals surface area contributed by atoms with Gasteiger partial charge in [0.25, 0.3) is 0 Å². The maximum Gasteiger partial charge on any atom is 0.127 e. The molecule has 0 aliphatic heterocycles. The lowest BCUT2D eigenvalue weighted by Gasteiger charge is -2.37. The van der Waals surface area contributed by atoms with E-state index in [-0.39, 0.29) is 11.4 Å². The van der Waals surface area contributed by atoms with Crippen molar-refractivity contribution in [3.63, 3.8) is 0 Å². The fourth-order valence-corrected chi connectivity index (χ4v) is 1.86. The van der Waals surface area contributed by atoms with Gasteiger partial charge < -0.3 is 5.73 Å². The zero-order chi connectivity index (χ0) is 13.8. The van der Waals surface area contributed by atoms with Crippen molar-refractivity contribution in [2.45, 2.75) is 39.3 Å². The molecule has 18 heavy (non-hydrogen) atoms. The number of benzene rings is 1. The Morgan fingerprint density at radius 2 is 1.94 bits per heavy atom. The first-order chi connectivity index (χ1) is 8.40. The Bertz CT molecular complexity index is 391. The lowest BCUT2D eigenvalue weighted by atomic mass is 10.0. The molecule has 0 radical (unpaired) electrons. The summed E-state index contributed by atoms with van der Waals surface area (Å²) in [6, 6.07) is 3.56. The molecule has 1 aromatic rings. The summed E-state index contributed by atoms with van der Waals surface area (Å²) in [5.41, 5.74) is 5.90. The highest BCUT2D eigenvalue weighted by Gasteiger charge is 2.25. The van der Waals surface area contributed by atoms with E-state index in [4.69, 9.17) is 5.73 Å². The summed E-state index contributed by atoms with van der Waals surface area (Å²) >= 11 is 0. The molecule has 0 spiro atoms. The molecule has 1 aromatic carbocycles. The highest BCUT2D eigenvalue weighted by molar-refractivity contribution is 5.19. The summed E-state index contributed by atoms with van der Waals surface area (Å²) in [7, 11) is 0. The smallest absolute Gasteiger partial charge is 0.127 e. The Balaban J connectivity index is 2.93. The van der Waals surface area contributed by atoms with Crippen molar-refractivity contribution in [3.05, 3.63) is 35.4 Å². The van der Waals surface area contributed by atoms with Crippen molar-refractivity contribution in [2.24, 2.45) is 5.73 Å². The van der Waals surface area contributed by atoms with Crippen LogP contribution in [-0.2, 0) is 6.54 Å². The molecule has 0 aliphatic carbocycles. The standard InChI is InChI=1S/C14H22F2N2/c1-4-7-18(14(2,3)10-17)9-11-8-12(15)5-6-13(11)16/h5-6,8H,4,7,9-10,17H2,1-3H3. The molecular weight excluding hydrogens is 234 g/mol. The molecule has 1 rings (SSSR count). The summed E-state index contributed by atoms with van der Waals surface area (Å²) in [5, 5.41) is 0. The highest BCUT2D eigenvalue weighted by Crippen LogP contribution is 2.19. The van der Waals surface area contributed by atoms with Gasteiger partial charge in [0.1, 0.15) is 11.6 Å². The molecule has 0 unspecified atom stereocenters. The van der Waals surface area contributed by atoms with Gasteiger partial charge >= 0.3 is 0 Å². The second-order valence-electron chi connectivity index (χ2n) is 5.17. The molecular formula is C14H22F2N2. The monoisotopic (exact) mass is 256 g/mol. The van der Waals surface area contributed by atoms with Gasteiger partial charge in [0, 0.05) is 24.2 Å². The van der Waals surface area contributed by atoms with Crippen LogP contribution in [0.5, 0.6) is 0 Å². The van der Waals surface area contributed by atoms with Crippen molar-refractivity contribution < 1.29 is 8.78 Å². The molecule has 2 nitrogen and oxygen atoms in total. The van der Waals surface area contributed by atoms with Crippen LogP contribution in [0.1, 0.15) is 32.8 Å². The minimum atomic E-state index is -0.409. The summed E-state index contributed by atoms with van der Waals surface area (Å²) in [6.45, 7) is 7.74. The van der Waals surface area contributed by atoms with E-state index in [1.54, 1.807) is 0 Å². The van der Waals surface area contributed by atoms with E-state index < -0.39 is 5.82 Å². The summed E-state index contributed by atoms with van der Waals surface area (Å²) in [4.78, 5) is 2.09. The topological polar surface area (TPSA) is 29.3 Å². The Morgan fingerprint density at radius 1 is 1.28 bits per heavy atom. The SMILES string of the molecule is CCCN(Cc1cc(F)ccc1F)C(C)(C)CN. The van der Waals surface area contributed by atoms with Crippen LogP contribution in [0.25, 0.3) is 0 Å². The number of hydrogen-bond donors (Lipinski definition) is 1. The van der Waals surface area contributed by atoms with Crippen LogP contribution in [0.4, 0.5) is 8.78 Å². The van der Waals surface area contributed by atoms with E-state index in [2.05, 4.69) is 11.8 Å². The number of rotatable bonds is 6. The zero-order valence-electron chi connectivity index (χ0n) is 11.3. The van der Waals surface area contributed by atoms with Crippen LogP contribution in [0.15, 0.2) is 18.2 Å². The van der Waals surface area contributed by atoms with Gasteiger partial charge in [0.15, 0.2) is 0 Å². The Labute approximate surface area is 108 Å². The van der Waals surface area contributed by atoms with Gasteiger partial charge in [-0.15, -0.1) is 0 Å². The second kappa shape index (κ2) is 6.25. The van der Waals surface area contributed by atoms with E-state index in [0.717, 1.165) is 19.0 Å². The van der Waals surface area contributed by atoms with Crippen molar-refractivity contribution in [2.75, 3.05) is 13.1 Å². The van der Waals surface area contributed by atoms with Gasteiger partial charge in [0.05, 0.1) is 0 Å². The number of nitrogens with zero attached hydrogens (tertiary/aromatic N) is 1. The third kappa shape index (κ3) is 3.75. The molecule has 4 heteroatoms. The maximum atomic E-state index is 13.6. The molecule has 0 saturated heterocycles. The van der Waals surface area contributed by atoms with Crippen LogP contribution < -0.4 is 5.73 Å². The number of halogens is 2. The van der Waals surface area contributed by atoms with Gasteiger partial charge in [-0.1, -0.05) is 6.92 Å². The quantitative estimate of drug-likeness (QED) is 0.848. The average Bonchev–Trinajstić information content (AvgIpc) is 2.33. The first kappa shape index (κ1) is 15.1. The minimum absolute atomic E-state index is 0.227. The van der Waals surface area contributed by atoms with Gasteiger partial charge in [0.2, 0.25) is 0 Å². The Morgan fingerprint density at radius 3 is 2.50 bits per heavy atom. The van der Waals surface area contributed by atoms with Crippen LogP contribution in [0, 0.1) is 11.6 Å². The van der Waals surface area contributed by atoms with Crippen LogP contribution in [0.3, 0.4) is 0 Å². The summed E-state index contributed by atoms with van der Waals surface area (Å²) in [5.74, 6) is -0.779. The van der Waals surface area contributed by atoms with Crippen LogP contribution in [0.2, 0.25) is 0 Å². The van der Waals surface area contributed by atoms with E-state index in [0.29, 0.717) is 18.7 Å². The molecule has 0 atom stereocenters. The van der Waals surface area contributed by atoms with E-state index in [1.807, 2.05) is 13.8 Å². The highest BCUT2D eigenvalue weighted by atomic mass is 19.1. The molecule has 0 aliphatic rings. The Kier molecular flexibility index (Phi) is 5.23. The van der Waals surface area contributed by atoms with E-state index in [1.165, 1.54) is 12.1 Å². The third-order valence-corrected chi connectivity index (χ3v) is 3.22. The van der Waals surface area contributed by atoms with Crippen molar-refractivity contribution in [1.82, 2.24) is 4.90 Å². The Hall–Kier alpha value is -1.00. The second-order valence-corrected chi connectivity index (χ2v) is 5.17. The predicted molar refractivity (Wildman–Crippen MR) is 70.2 cm³/mol. The zero-order valence-corrected chi connectivity index (χ0v) is 11.3. The third-order valence-electron chi connectivity index (χ3n) is 3.22. The van der Waals surface area contributed by atoms with Crippen LogP contribution >= 0.6 is 0 Å². The molecule has 2 N–H and O–H groups in total. The molecule has 102 valence electrons. The first-order valence-electron chi connectivity index (χ1n) is 6.29. The maximum absolute atomic E-state index is 13.6. The molecule has 0 fully saturated rings. The fraction of sp³-hybridized carbons (Fsp3) is 0.571. The molecule has 0 amide bonds. The normalized spacial score (nSPS) is 12.2. The minimum Gasteiger partial charge on any atom is -0.329 e. The van der Waals surface area contributed by atoms with Gasteiger partial charge in [-0.3, -0.25) is 4.90 Å². The largest absolute Gasteiger partial charge is 0.329 e. The number of nitrogens with two attached hydrogens (primary N) is 1. The molecule has 0 aromatic heterocycles.